The fraction of sp³-hybridized carbons (Fsp3) is 0. The molecule has 0 saturated heterocycles. The summed E-state index contributed by atoms with van der Waals surface area (Å²) in [5.41, 5.74) is 7.31. The molecule has 4 heteroatoms. The Morgan fingerprint density at radius 2 is 0.674 bits per heavy atom. The molecule has 0 radical (unpaired) electrons. The van der Waals surface area contributed by atoms with Crippen molar-refractivity contribution in [1.29, 1.82) is 0 Å². The van der Waals surface area contributed by atoms with E-state index in [1.807, 2.05) is 22.7 Å². The van der Waals surface area contributed by atoms with Crippen LogP contribution in [0.3, 0.4) is 0 Å². The molecule has 0 fully saturated rings. The molecular weight excluding hydrogens is 597 g/mol. The minimum atomic E-state index is 1.19. The van der Waals surface area contributed by atoms with Crippen molar-refractivity contribution >= 4 is 107 Å². The van der Waals surface area contributed by atoms with Crippen LogP contribution in [0, 0.1) is 0 Å². The maximum Gasteiger partial charge on any atom is 0.0548 e. The van der Waals surface area contributed by atoms with Crippen LogP contribution in [-0.2, 0) is 0 Å². The first-order valence-electron chi connectivity index (χ1n) is 15.6. The predicted molar refractivity (Wildman–Crippen MR) is 201 cm³/mol. The van der Waals surface area contributed by atoms with Crippen molar-refractivity contribution in [3.8, 4) is 11.4 Å². The van der Waals surface area contributed by atoms with Crippen LogP contribution in [0.1, 0.15) is 0 Å². The van der Waals surface area contributed by atoms with Crippen molar-refractivity contribution in [3.05, 3.63) is 146 Å². The van der Waals surface area contributed by atoms with Crippen molar-refractivity contribution in [2.75, 3.05) is 0 Å². The second-order valence-corrected chi connectivity index (χ2v) is 14.3. The van der Waals surface area contributed by atoms with Gasteiger partial charge in [-0.05, 0) is 72.8 Å². The van der Waals surface area contributed by atoms with Gasteiger partial charge in [-0.25, -0.2) is 0 Å². The SMILES string of the molecule is c1ccc2c(c1)sc1ccc(-n3c4ccccc4c4cc5c(cc43)c3ccccc3n5-c3ccc4sc5ccccc5c4c3)cc12. The van der Waals surface area contributed by atoms with E-state index >= 15 is 0 Å². The summed E-state index contributed by atoms with van der Waals surface area (Å²) in [4.78, 5) is 0. The fourth-order valence-corrected chi connectivity index (χ4v) is 9.87. The van der Waals surface area contributed by atoms with E-state index in [9.17, 15) is 0 Å². The van der Waals surface area contributed by atoms with Gasteiger partial charge in [0.25, 0.3) is 0 Å². The lowest BCUT2D eigenvalue weighted by Gasteiger charge is -2.10. The molecule has 0 N–H and O–H groups in total. The van der Waals surface area contributed by atoms with Gasteiger partial charge in [0.15, 0.2) is 0 Å². The molecule has 2 nitrogen and oxygen atoms in total. The summed E-state index contributed by atoms with van der Waals surface area (Å²) in [6.45, 7) is 0. The number of fused-ring (bicyclic) bond motifs is 12. The van der Waals surface area contributed by atoms with Crippen LogP contribution in [0.2, 0.25) is 0 Å². The quantitative estimate of drug-likeness (QED) is 0.182. The van der Waals surface area contributed by atoms with E-state index in [1.165, 1.54) is 95.3 Å². The van der Waals surface area contributed by atoms with Gasteiger partial charge in [-0.1, -0.05) is 72.8 Å². The first-order chi connectivity index (χ1) is 22.8. The summed E-state index contributed by atoms with van der Waals surface area (Å²) in [6.07, 6.45) is 0. The van der Waals surface area contributed by atoms with Gasteiger partial charge in [0.05, 0.1) is 22.1 Å². The van der Waals surface area contributed by atoms with E-state index < -0.39 is 0 Å². The highest BCUT2D eigenvalue weighted by atomic mass is 32.1. The topological polar surface area (TPSA) is 9.86 Å². The lowest BCUT2D eigenvalue weighted by molar-refractivity contribution is 1.18. The largest absolute Gasteiger partial charge is 0.309 e. The van der Waals surface area contributed by atoms with Gasteiger partial charge in [-0.15, -0.1) is 22.7 Å². The fourth-order valence-electron chi connectivity index (χ4n) is 7.69. The molecule has 4 aromatic heterocycles. The Balaban J connectivity index is 1.24. The van der Waals surface area contributed by atoms with Crippen molar-refractivity contribution in [2.24, 2.45) is 0 Å². The molecule has 0 aliphatic carbocycles. The van der Waals surface area contributed by atoms with Gasteiger partial charge in [0, 0.05) is 73.3 Å². The number of hydrogen-bond donors (Lipinski definition) is 0. The molecule has 0 amide bonds. The van der Waals surface area contributed by atoms with Gasteiger partial charge >= 0.3 is 0 Å². The highest BCUT2D eigenvalue weighted by Gasteiger charge is 2.19. The van der Waals surface area contributed by atoms with Gasteiger partial charge < -0.3 is 9.13 Å². The summed E-state index contributed by atoms with van der Waals surface area (Å²) < 4.78 is 10.2. The van der Waals surface area contributed by atoms with Crippen LogP contribution in [-0.4, -0.2) is 9.13 Å². The van der Waals surface area contributed by atoms with Crippen molar-refractivity contribution in [3.63, 3.8) is 0 Å². The molecule has 0 saturated carbocycles. The van der Waals surface area contributed by atoms with E-state index in [4.69, 9.17) is 0 Å². The number of para-hydroxylation sites is 2. The number of thiophene rings is 2. The summed E-state index contributed by atoms with van der Waals surface area (Å²) in [5, 5.41) is 10.4. The Labute approximate surface area is 271 Å². The third kappa shape index (κ3) is 3.30. The average molecular weight is 621 g/mol. The van der Waals surface area contributed by atoms with Crippen LogP contribution in [0.15, 0.2) is 146 Å². The first-order valence-corrected chi connectivity index (χ1v) is 17.2. The third-order valence-electron chi connectivity index (χ3n) is 9.70. The molecule has 0 aliphatic rings. The summed E-state index contributed by atoms with van der Waals surface area (Å²) in [5.74, 6) is 0. The Hall–Kier alpha value is -5.42. The monoisotopic (exact) mass is 620 g/mol. The third-order valence-corrected chi connectivity index (χ3v) is 12.0. The zero-order valence-electron chi connectivity index (χ0n) is 24.6. The van der Waals surface area contributed by atoms with Gasteiger partial charge in [0.1, 0.15) is 0 Å². The minimum Gasteiger partial charge on any atom is -0.309 e. The molecular formula is C42H24N2S2. The minimum absolute atomic E-state index is 1.19. The highest BCUT2D eigenvalue weighted by Crippen LogP contribution is 2.42. The average Bonchev–Trinajstić information content (AvgIpc) is 3.84. The van der Waals surface area contributed by atoms with E-state index in [-0.39, 0.29) is 0 Å². The van der Waals surface area contributed by atoms with E-state index in [0.717, 1.165) is 0 Å². The first kappa shape index (κ1) is 24.8. The van der Waals surface area contributed by atoms with Crippen molar-refractivity contribution in [2.45, 2.75) is 0 Å². The molecule has 0 aliphatic heterocycles. The molecule has 0 spiro atoms. The molecule has 11 rings (SSSR count). The summed E-state index contributed by atoms with van der Waals surface area (Å²) >= 11 is 3.74. The van der Waals surface area contributed by atoms with Gasteiger partial charge in [-0.3, -0.25) is 0 Å². The molecule has 7 aromatic carbocycles. The van der Waals surface area contributed by atoms with E-state index in [2.05, 4.69) is 155 Å². The van der Waals surface area contributed by atoms with Gasteiger partial charge in [0.2, 0.25) is 0 Å². The molecule has 214 valence electrons. The number of rotatable bonds is 2. The number of benzene rings is 7. The van der Waals surface area contributed by atoms with Crippen LogP contribution in [0.5, 0.6) is 0 Å². The second kappa shape index (κ2) is 9.07. The summed E-state index contributed by atoms with van der Waals surface area (Å²) in [6, 6.07) is 54.0. The van der Waals surface area contributed by atoms with Gasteiger partial charge in [-0.2, -0.15) is 0 Å². The lowest BCUT2D eigenvalue weighted by Crippen LogP contribution is -1.94. The van der Waals surface area contributed by atoms with Crippen LogP contribution >= 0.6 is 22.7 Å². The maximum absolute atomic E-state index is 2.46. The zero-order chi connectivity index (χ0) is 29.9. The molecule has 46 heavy (non-hydrogen) atoms. The number of nitrogens with zero attached hydrogens (tertiary/aromatic N) is 2. The van der Waals surface area contributed by atoms with E-state index in [1.54, 1.807) is 0 Å². The Kier molecular flexibility index (Phi) is 4.90. The smallest absolute Gasteiger partial charge is 0.0548 e. The Morgan fingerprint density at radius 1 is 0.283 bits per heavy atom. The normalized spacial score (nSPS) is 12.3. The molecule has 11 aromatic rings. The Morgan fingerprint density at radius 3 is 1.15 bits per heavy atom. The van der Waals surface area contributed by atoms with Crippen molar-refractivity contribution in [1.82, 2.24) is 9.13 Å². The van der Waals surface area contributed by atoms with Crippen LogP contribution in [0.25, 0.3) is 95.3 Å². The lowest BCUT2D eigenvalue weighted by atomic mass is 10.1. The molecule has 0 atom stereocenters. The maximum atomic E-state index is 2.46. The molecule has 4 heterocycles. The second-order valence-electron chi connectivity index (χ2n) is 12.1. The number of hydrogen-bond acceptors (Lipinski definition) is 2. The zero-order valence-corrected chi connectivity index (χ0v) is 26.2. The van der Waals surface area contributed by atoms with Crippen LogP contribution < -0.4 is 0 Å². The molecule has 0 bridgehead atoms. The van der Waals surface area contributed by atoms with Crippen LogP contribution in [0.4, 0.5) is 0 Å². The molecule has 0 unspecified atom stereocenters. The van der Waals surface area contributed by atoms with Crippen molar-refractivity contribution < 1.29 is 0 Å². The standard InChI is InChI=1S/C42H24N2S2/c1-5-13-35-27(9-1)31-23-38-32(24-37(31)43(35)25-17-19-41-33(21-25)29-11-3-7-15-39(29)45-41)28-10-2-6-14-36(28)44(38)26-18-20-42-34(22-26)30-12-4-8-16-40(30)46-42/h1-24H. The summed E-state index contributed by atoms with van der Waals surface area (Å²) in [7, 11) is 0. The number of aromatic nitrogens is 2. The van der Waals surface area contributed by atoms with E-state index in [0.29, 0.717) is 0 Å². The predicted octanol–water partition coefficient (Wildman–Crippen LogP) is 12.6. The Bertz CT molecular complexity index is 2830. The highest BCUT2D eigenvalue weighted by molar-refractivity contribution is 7.26.